The first-order chi connectivity index (χ1) is 14.1. The van der Waals surface area contributed by atoms with Crippen molar-refractivity contribution in [1.82, 2.24) is 4.98 Å². The van der Waals surface area contributed by atoms with Crippen LogP contribution in [-0.4, -0.2) is 25.8 Å². The minimum Gasteiger partial charge on any atom is -0.497 e. The lowest BCUT2D eigenvalue weighted by atomic mass is 9.95. The number of benzene rings is 2. The van der Waals surface area contributed by atoms with E-state index in [2.05, 4.69) is 18.9 Å². The van der Waals surface area contributed by atoms with Crippen molar-refractivity contribution in [1.29, 1.82) is 0 Å². The van der Waals surface area contributed by atoms with E-state index in [4.69, 9.17) is 25.6 Å². The third-order valence-corrected chi connectivity index (χ3v) is 6.51. The Morgan fingerprint density at radius 3 is 2.59 bits per heavy atom. The minimum atomic E-state index is -0.0986. The molecule has 0 saturated heterocycles. The maximum atomic E-state index is 5.82. The Hall–Kier alpha value is -2.97. The molecule has 1 aliphatic rings. The number of terminal acetylenes is 1. The Balaban J connectivity index is 1.76. The predicted molar refractivity (Wildman–Crippen MR) is 116 cm³/mol. The topological polar surface area (TPSA) is 40.6 Å². The number of methoxy groups -OCH3 is 2. The van der Waals surface area contributed by atoms with Crippen molar-refractivity contribution in [3.63, 3.8) is 0 Å². The van der Waals surface area contributed by atoms with E-state index in [1.54, 1.807) is 25.6 Å². The first-order valence-electron chi connectivity index (χ1n) is 9.49. The fraction of sp³-hybridized carbons (Fsp3) is 0.292. The highest BCUT2D eigenvalue weighted by Gasteiger charge is 2.50. The molecule has 0 aliphatic heterocycles. The molecule has 2 aromatic carbocycles. The number of nitrogens with zero attached hydrogens (tertiary/aromatic N) is 1. The van der Waals surface area contributed by atoms with Crippen LogP contribution in [0.4, 0.5) is 0 Å². The van der Waals surface area contributed by atoms with Gasteiger partial charge in [0.2, 0.25) is 0 Å². The maximum absolute atomic E-state index is 5.82. The number of thiazole rings is 1. The highest BCUT2D eigenvalue weighted by Crippen LogP contribution is 2.57. The Morgan fingerprint density at radius 1 is 1.10 bits per heavy atom. The number of ether oxygens (including phenoxy) is 3. The van der Waals surface area contributed by atoms with E-state index >= 15 is 0 Å². The molecule has 4 nitrogen and oxygen atoms in total. The molecule has 3 aromatic rings. The molecule has 0 N–H and O–H groups in total. The summed E-state index contributed by atoms with van der Waals surface area (Å²) in [6, 6.07) is 14.0. The van der Waals surface area contributed by atoms with Crippen molar-refractivity contribution < 1.29 is 14.2 Å². The zero-order valence-electron chi connectivity index (χ0n) is 16.8. The third-order valence-electron chi connectivity index (χ3n) is 5.33. The zero-order chi connectivity index (χ0) is 20.4. The number of rotatable bonds is 7. The van der Waals surface area contributed by atoms with Crippen molar-refractivity contribution in [2.24, 2.45) is 0 Å². The fourth-order valence-electron chi connectivity index (χ4n) is 3.68. The number of aromatic nitrogens is 1. The molecule has 0 radical (unpaired) electrons. The smallest absolute Gasteiger partial charge is 0.148 e. The maximum Gasteiger partial charge on any atom is 0.148 e. The largest absolute Gasteiger partial charge is 0.497 e. The van der Waals surface area contributed by atoms with Gasteiger partial charge in [0.25, 0.3) is 0 Å². The van der Waals surface area contributed by atoms with Crippen LogP contribution in [0.15, 0.2) is 42.5 Å². The first-order valence-corrected chi connectivity index (χ1v) is 10.3. The lowest BCUT2D eigenvalue weighted by Gasteiger charge is -2.17. The molecule has 4 rings (SSSR count). The van der Waals surface area contributed by atoms with E-state index in [0.717, 1.165) is 56.8 Å². The van der Waals surface area contributed by atoms with Gasteiger partial charge in [-0.3, -0.25) is 0 Å². The van der Waals surface area contributed by atoms with E-state index in [-0.39, 0.29) is 12.0 Å². The molecule has 29 heavy (non-hydrogen) atoms. The van der Waals surface area contributed by atoms with Crippen LogP contribution in [0.2, 0.25) is 0 Å². The summed E-state index contributed by atoms with van der Waals surface area (Å²) >= 11 is 1.74. The van der Waals surface area contributed by atoms with E-state index in [1.807, 2.05) is 36.4 Å². The van der Waals surface area contributed by atoms with E-state index < -0.39 is 0 Å². The molecule has 0 bridgehead atoms. The first kappa shape index (κ1) is 19.4. The van der Waals surface area contributed by atoms with E-state index in [1.165, 1.54) is 0 Å². The highest BCUT2D eigenvalue weighted by atomic mass is 32.1. The average Bonchev–Trinajstić information content (AvgIpc) is 3.48. The molecule has 1 heterocycles. The lowest BCUT2D eigenvalue weighted by Crippen LogP contribution is -2.11. The zero-order valence-corrected chi connectivity index (χ0v) is 17.6. The van der Waals surface area contributed by atoms with Crippen molar-refractivity contribution in [2.45, 2.75) is 25.2 Å². The summed E-state index contributed by atoms with van der Waals surface area (Å²) in [5.74, 6) is 4.92. The van der Waals surface area contributed by atoms with Crippen molar-refractivity contribution in [2.75, 3.05) is 20.8 Å². The van der Waals surface area contributed by atoms with Gasteiger partial charge in [0.1, 0.15) is 28.9 Å². The Morgan fingerprint density at radius 2 is 1.90 bits per heavy atom. The SMILES string of the molecule is C#CCOc1ccccc1C1(c2nc(-c3ccc(OC)cc3OC)c(C)s2)CC1. The Labute approximate surface area is 175 Å². The van der Waals surface area contributed by atoms with Crippen molar-refractivity contribution >= 4 is 11.3 Å². The second kappa shape index (κ2) is 7.81. The van der Waals surface area contributed by atoms with Gasteiger partial charge in [-0.25, -0.2) is 4.98 Å². The lowest BCUT2D eigenvalue weighted by molar-refractivity contribution is 0.364. The van der Waals surface area contributed by atoms with Crippen LogP contribution in [0.3, 0.4) is 0 Å². The van der Waals surface area contributed by atoms with Crippen LogP contribution in [0, 0.1) is 19.3 Å². The standard InChI is InChI=1S/C24H23NO3S/c1-5-14-28-20-9-7-6-8-19(20)24(12-13-24)23-25-22(16(2)29-23)18-11-10-17(26-3)15-21(18)27-4/h1,6-11,15H,12-14H2,2-4H3. The van der Waals surface area contributed by atoms with Gasteiger partial charge in [0.15, 0.2) is 0 Å². The summed E-state index contributed by atoms with van der Waals surface area (Å²) in [6.07, 6.45) is 7.49. The normalized spacial score (nSPS) is 14.1. The summed E-state index contributed by atoms with van der Waals surface area (Å²) in [7, 11) is 3.32. The molecule has 1 fully saturated rings. The van der Waals surface area contributed by atoms with Gasteiger partial charge in [-0.2, -0.15) is 0 Å². The monoisotopic (exact) mass is 405 g/mol. The van der Waals surface area contributed by atoms with Gasteiger partial charge in [-0.05, 0) is 38.0 Å². The summed E-state index contributed by atoms with van der Waals surface area (Å²) in [4.78, 5) is 6.24. The van der Waals surface area contributed by atoms with Gasteiger partial charge in [-0.1, -0.05) is 24.1 Å². The molecule has 1 aliphatic carbocycles. The molecule has 1 saturated carbocycles. The van der Waals surface area contributed by atoms with E-state index in [0.29, 0.717) is 0 Å². The number of hydrogen-bond donors (Lipinski definition) is 0. The predicted octanol–water partition coefficient (Wildman–Crippen LogP) is 5.23. The van der Waals surface area contributed by atoms with Crippen LogP contribution in [0.25, 0.3) is 11.3 Å². The molecular weight excluding hydrogens is 382 g/mol. The molecule has 0 amide bonds. The van der Waals surface area contributed by atoms with Gasteiger partial charge in [-0.15, -0.1) is 17.8 Å². The molecule has 5 heteroatoms. The van der Waals surface area contributed by atoms with Gasteiger partial charge >= 0.3 is 0 Å². The summed E-state index contributed by atoms with van der Waals surface area (Å²) in [6.45, 7) is 2.37. The van der Waals surface area contributed by atoms with Crippen molar-refractivity contribution in [3.05, 3.63) is 57.9 Å². The second-order valence-corrected chi connectivity index (χ2v) is 8.26. The number of para-hydroxylation sites is 1. The highest BCUT2D eigenvalue weighted by molar-refractivity contribution is 7.12. The number of hydrogen-bond acceptors (Lipinski definition) is 5. The average molecular weight is 406 g/mol. The van der Waals surface area contributed by atoms with Crippen LogP contribution in [0.1, 0.15) is 28.3 Å². The molecule has 148 valence electrons. The fourth-order valence-corrected chi connectivity index (χ4v) is 4.86. The Bertz CT molecular complexity index is 1080. The molecule has 1 aromatic heterocycles. The van der Waals surface area contributed by atoms with Crippen LogP contribution < -0.4 is 14.2 Å². The Kier molecular flexibility index (Phi) is 5.21. The minimum absolute atomic E-state index is 0.0986. The summed E-state index contributed by atoms with van der Waals surface area (Å²) in [5.41, 5.74) is 2.99. The van der Waals surface area contributed by atoms with Crippen LogP contribution in [-0.2, 0) is 5.41 Å². The quantitative estimate of drug-likeness (QED) is 0.505. The van der Waals surface area contributed by atoms with Crippen LogP contribution in [0.5, 0.6) is 17.2 Å². The van der Waals surface area contributed by atoms with Crippen molar-refractivity contribution in [3.8, 4) is 40.8 Å². The second-order valence-electron chi connectivity index (χ2n) is 7.06. The van der Waals surface area contributed by atoms with Gasteiger partial charge in [0.05, 0.1) is 25.3 Å². The molecule has 0 unspecified atom stereocenters. The molecule has 0 spiro atoms. The number of aryl methyl sites for hydroxylation is 1. The van der Waals surface area contributed by atoms with Gasteiger partial charge < -0.3 is 14.2 Å². The van der Waals surface area contributed by atoms with Gasteiger partial charge in [0, 0.05) is 22.1 Å². The summed E-state index contributed by atoms with van der Waals surface area (Å²) in [5, 5.41) is 1.11. The third kappa shape index (κ3) is 3.45. The van der Waals surface area contributed by atoms with E-state index in [9.17, 15) is 0 Å². The summed E-state index contributed by atoms with van der Waals surface area (Å²) < 4.78 is 16.8. The molecule has 0 atom stereocenters. The van der Waals surface area contributed by atoms with Crippen LogP contribution >= 0.6 is 11.3 Å². The molecular formula is C24H23NO3S.